The lowest BCUT2D eigenvalue weighted by atomic mass is 9.94. The van der Waals surface area contributed by atoms with Gasteiger partial charge in [0.15, 0.2) is 0 Å². The largest absolute Gasteiger partial charge is 0.383 e. The van der Waals surface area contributed by atoms with Gasteiger partial charge in [-0.2, -0.15) is 0 Å². The molecular formula is C14H19FN4O. The first kappa shape index (κ1) is 13.6. The van der Waals surface area contributed by atoms with Crippen molar-refractivity contribution in [1.82, 2.24) is 14.9 Å². The number of halogens is 1. The zero-order valence-electron chi connectivity index (χ0n) is 11.6. The zero-order valence-corrected chi connectivity index (χ0v) is 11.6. The Morgan fingerprint density at radius 3 is 3.20 bits per heavy atom. The molecule has 1 aromatic rings. The van der Waals surface area contributed by atoms with Gasteiger partial charge in [-0.15, -0.1) is 0 Å². The molecule has 1 aromatic heterocycles. The van der Waals surface area contributed by atoms with Crippen molar-refractivity contribution in [1.29, 1.82) is 0 Å². The van der Waals surface area contributed by atoms with Crippen LogP contribution in [-0.4, -0.2) is 60.6 Å². The molecule has 0 spiro atoms. The van der Waals surface area contributed by atoms with Crippen molar-refractivity contribution in [2.75, 3.05) is 33.4 Å². The predicted molar refractivity (Wildman–Crippen MR) is 73.9 cm³/mol. The van der Waals surface area contributed by atoms with Gasteiger partial charge in [0.25, 0.3) is 0 Å². The Labute approximate surface area is 117 Å². The van der Waals surface area contributed by atoms with E-state index in [1.807, 2.05) is 0 Å². The molecule has 0 saturated carbocycles. The third kappa shape index (κ3) is 2.71. The SMILES string of the molecule is COCCN1CCC(c2ncc3c(n2)CN=C3)C(F)C1. The second kappa shape index (κ2) is 5.93. The van der Waals surface area contributed by atoms with Crippen LogP contribution in [0, 0.1) is 0 Å². The van der Waals surface area contributed by atoms with Crippen LogP contribution in [0.15, 0.2) is 11.2 Å². The Hall–Kier alpha value is -1.40. The van der Waals surface area contributed by atoms with Crippen LogP contribution in [0.1, 0.15) is 29.4 Å². The van der Waals surface area contributed by atoms with Crippen molar-refractivity contribution in [2.24, 2.45) is 4.99 Å². The molecular weight excluding hydrogens is 259 g/mol. The van der Waals surface area contributed by atoms with E-state index in [2.05, 4.69) is 19.9 Å². The number of ether oxygens (including phenoxy) is 1. The lowest BCUT2D eigenvalue weighted by Crippen LogP contribution is -2.42. The van der Waals surface area contributed by atoms with Gasteiger partial charge in [-0.3, -0.25) is 9.89 Å². The molecule has 0 radical (unpaired) electrons. The summed E-state index contributed by atoms with van der Waals surface area (Å²) in [5.41, 5.74) is 1.88. The molecule has 2 aliphatic heterocycles. The molecule has 0 bridgehead atoms. The molecule has 5 nitrogen and oxygen atoms in total. The van der Waals surface area contributed by atoms with Gasteiger partial charge in [-0.1, -0.05) is 0 Å². The first-order chi connectivity index (χ1) is 9.78. The molecule has 0 aromatic carbocycles. The van der Waals surface area contributed by atoms with Gasteiger partial charge in [-0.25, -0.2) is 14.4 Å². The monoisotopic (exact) mass is 278 g/mol. The molecule has 2 atom stereocenters. The standard InChI is InChI=1S/C14H19FN4O/c1-20-5-4-19-3-2-11(12(15)9-19)14-17-7-10-6-16-8-13(10)18-14/h6-7,11-12H,2-5,8-9H2,1H3. The highest BCUT2D eigenvalue weighted by Crippen LogP contribution is 2.29. The summed E-state index contributed by atoms with van der Waals surface area (Å²) < 4.78 is 19.4. The van der Waals surface area contributed by atoms with E-state index in [1.54, 1.807) is 19.5 Å². The maximum Gasteiger partial charge on any atom is 0.134 e. The molecule has 2 aliphatic rings. The summed E-state index contributed by atoms with van der Waals surface area (Å²) in [4.78, 5) is 15.1. The maximum atomic E-state index is 14.4. The van der Waals surface area contributed by atoms with E-state index in [1.165, 1.54) is 0 Å². The number of alkyl halides is 1. The summed E-state index contributed by atoms with van der Waals surface area (Å²) in [6.07, 6.45) is 3.38. The number of likely N-dealkylation sites (tertiary alicyclic amines) is 1. The van der Waals surface area contributed by atoms with Gasteiger partial charge in [0, 0.05) is 38.2 Å². The van der Waals surface area contributed by atoms with E-state index in [-0.39, 0.29) is 5.92 Å². The first-order valence-electron chi connectivity index (χ1n) is 6.99. The second-order valence-corrected chi connectivity index (χ2v) is 5.30. The van der Waals surface area contributed by atoms with E-state index in [0.29, 0.717) is 25.5 Å². The number of aliphatic imine (C=N–C) groups is 1. The second-order valence-electron chi connectivity index (χ2n) is 5.30. The molecule has 2 unspecified atom stereocenters. The van der Waals surface area contributed by atoms with Crippen molar-refractivity contribution in [3.8, 4) is 0 Å². The number of rotatable bonds is 4. The number of fused-ring (bicyclic) bond motifs is 1. The van der Waals surface area contributed by atoms with Crippen molar-refractivity contribution in [3.63, 3.8) is 0 Å². The van der Waals surface area contributed by atoms with Crippen LogP contribution in [0.5, 0.6) is 0 Å². The van der Waals surface area contributed by atoms with Crippen molar-refractivity contribution < 1.29 is 9.13 Å². The van der Waals surface area contributed by atoms with Crippen molar-refractivity contribution in [3.05, 3.63) is 23.3 Å². The lowest BCUT2D eigenvalue weighted by molar-refractivity contribution is 0.0843. The van der Waals surface area contributed by atoms with Gasteiger partial charge in [-0.05, 0) is 13.0 Å². The third-order valence-corrected chi connectivity index (χ3v) is 3.96. The summed E-state index contributed by atoms with van der Waals surface area (Å²) in [6.45, 7) is 3.32. The molecule has 0 N–H and O–H groups in total. The highest BCUT2D eigenvalue weighted by atomic mass is 19.1. The Balaban J connectivity index is 1.66. The number of hydrogen-bond donors (Lipinski definition) is 0. The molecule has 3 heterocycles. The number of piperidine rings is 1. The average molecular weight is 278 g/mol. The molecule has 1 fully saturated rings. The van der Waals surface area contributed by atoms with Crippen LogP contribution in [0.4, 0.5) is 4.39 Å². The first-order valence-corrected chi connectivity index (χ1v) is 6.99. The summed E-state index contributed by atoms with van der Waals surface area (Å²) in [6, 6.07) is 0. The fourth-order valence-corrected chi connectivity index (χ4v) is 2.77. The summed E-state index contributed by atoms with van der Waals surface area (Å²) in [5.74, 6) is 0.438. The minimum Gasteiger partial charge on any atom is -0.383 e. The number of aromatic nitrogens is 2. The summed E-state index contributed by atoms with van der Waals surface area (Å²) >= 11 is 0. The zero-order chi connectivity index (χ0) is 13.9. The van der Waals surface area contributed by atoms with Crippen LogP contribution >= 0.6 is 0 Å². The van der Waals surface area contributed by atoms with Gasteiger partial charge in [0.05, 0.1) is 24.8 Å². The minimum atomic E-state index is -0.916. The quantitative estimate of drug-likeness (QED) is 0.830. The number of methoxy groups -OCH3 is 1. The molecule has 0 amide bonds. The normalized spacial score (nSPS) is 25.9. The van der Waals surface area contributed by atoms with Gasteiger partial charge in [0.1, 0.15) is 12.0 Å². The topological polar surface area (TPSA) is 50.6 Å². The summed E-state index contributed by atoms with van der Waals surface area (Å²) in [7, 11) is 1.67. The van der Waals surface area contributed by atoms with E-state index in [0.717, 1.165) is 30.8 Å². The Bertz CT molecular complexity index is 508. The number of hydrogen-bond acceptors (Lipinski definition) is 5. The molecule has 108 valence electrons. The van der Waals surface area contributed by atoms with Gasteiger partial charge < -0.3 is 4.74 Å². The van der Waals surface area contributed by atoms with Crippen LogP contribution < -0.4 is 0 Å². The predicted octanol–water partition coefficient (Wildman–Crippen LogP) is 1.18. The average Bonchev–Trinajstić information content (AvgIpc) is 2.92. The fraction of sp³-hybridized carbons (Fsp3) is 0.643. The van der Waals surface area contributed by atoms with Gasteiger partial charge in [0.2, 0.25) is 0 Å². The highest BCUT2D eigenvalue weighted by molar-refractivity contribution is 5.82. The Kier molecular flexibility index (Phi) is 4.03. The van der Waals surface area contributed by atoms with E-state index < -0.39 is 6.17 Å². The van der Waals surface area contributed by atoms with Crippen LogP contribution in [0.3, 0.4) is 0 Å². The molecule has 0 aliphatic carbocycles. The Morgan fingerprint density at radius 1 is 1.50 bits per heavy atom. The van der Waals surface area contributed by atoms with Crippen molar-refractivity contribution >= 4 is 6.21 Å². The Morgan fingerprint density at radius 2 is 2.40 bits per heavy atom. The minimum absolute atomic E-state index is 0.195. The van der Waals surface area contributed by atoms with E-state index in [9.17, 15) is 4.39 Å². The molecule has 1 saturated heterocycles. The van der Waals surface area contributed by atoms with Gasteiger partial charge >= 0.3 is 0 Å². The fourth-order valence-electron chi connectivity index (χ4n) is 2.77. The van der Waals surface area contributed by atoms with E-state index in [4.69, 9.17) is 4.74 Å². The van der Waals surface area contributed by atoms with Crippen LogP contribution in [0.25, 0.3) is 0 Å². The maximum absolute atomic E-state index is 14.4. The van der Waals surface area contributed by atoms with Crippen LogP contribution in [-0.2, 0) is 11.3 Å². The number of nitrogens with zero attached hydrogens (tertiary/aromatic N) is 4. The van der Waals surface area contributed by atoms with Crippen molar-refractivity contribution in [2.45, 2.75) is 25.1 Å². The molecule has 20 heavy (non-hydrogen) atoms. The van der Waals surface area contributed by atoms with E-state index >= 15 is 0 Å². The lowest BCUT2D eigenvalue weighted by Gasteiger charge is -2.33. The third-order valence-electron chi connectivity index (χ3n) is 3.96. The molecule has 3 rings (SSSR count). The highest BCUT2D eigenvalue weighted by Gasteiger charge is 2.32. The molecule has 6 heteroatoms. The smallest absolute Gasteiger partial charge is 0.134 e. The summed E-state index contributed by atoms with van der Waals surface area (Å²) in [5, 5.41) is 0. The van der Waals surface area contributed by atoms with Crippen LogP contribution in [0.2, 0.25) is 0 Å².